The van der Waals surface area contributed by atoms with Crippen LogP contribution in [0, 0.1) is 11.6 Å². The van der Waals surface area contributed by atoms with Crippen molar-refractivity contribution in [2.75, 3.05) is 36.4 Å². The second-order valence-corrected chi connectivity index (χ2v) is 7.31. The van der Waals surface area contributed by atoms with Gasteiger partial charge in [0, 0.05) is 32.4 Å². The Morgan fingerprint density at radius 1 is 1.06 bits per heavy atom. The molecule has 0 bridgehead atoms. The Morgan fingerprint density at radius 2 is 1.84 bits per heavy atom. The minimum Gasteiger partial charge on any atom is -0.494 e. The van der Waals surface area contributed by atoms with Gasteiger partial charge in [0.1, 0.15) is 17.5 Å². The van der Waals surface area contributed by atoms with Crippen molar-refractivity contribution in [1.82, 2.24) is 20.3 Å². The summed E-state index contributed by atoms with van der Waals surface area (Å²) in [4.78, 5) is 13.7. The summed E-state index contributed by atoms with van der Waals surface area (Å²) < 4.78 is 28.7. The van der Waals surface area contributed by atoms with Crippen LogP contribution in [0.5, 0.6) is 5.88 Å². The van der Waals surface area contributed by atoms with E-state index in [1.54, 1.807) is 6.20 Å². The van der Waals surface area contributed by atoms with Crippen LogP contribution >= 0.6 is 0 Å². The SMILES string of the molecule is Oc1[nH]cc2nc(-c3c(F)cccc3F)cc(Nc3ccc(N4CCNCC4)cn3)c12. The number of aromatic nitrogens is 3. The molecule has 1 aromatic carbocycles. The van der Waals surface area contributed by atoms with Crippen LogP contribution in [0.4, 0.5) is 26.0 Å². The molecule has 1 aliphatic heterocycles. The summed E-state index contributed by atoms with van der Waals surface area (Å²) in [5.41, 5.74) is 1.71. The van der Waals surface area contributed by atoms with Crippen molar-refractivity contribution >= 4 is 28.1 Å². The van der Waals surface area contributed by atoms with Gasteiger partial charge in [-0.3, -0.25) is 0 Å². The van der Waals surface area contributed by atoms with Gasteiger partial charge >= 0.3 is 0 Å². The largest absolute Gasteiger partial charge is 0.494 e. The molecule has 1 saturated heterocycles. The molecule has 31 heavy (non-hydrogen) atoms. The quantitative estimate of drug-likeness (QED) is 0.401. The first-order valence-corrected chi connectivity index (χ1v) is 9.94. The number of halogens is 2. The zero-order valence-corrected chi connectivity index (χ0v) is 16.5. The highest BCUT2D eigenvalue weighted by Gasteiger charge is 2.18. The molecule has 0 saturated carbocycles. The van der Waals surface area contributed by atoms with Crippen LogP contribution in [0.15, 0.2) is 48.8 Å². The second kappa shape index (κ2) is 7.84. The van der Waals surface area contributed by atoms with Crippen molar-refractivity contribution in [2.45, 2.75) is 0 Å². The first kappa shape index (κ1) is 19.3. The van der Waals surface area contributed by atoms with Crippen LogP contribution in [0.3, 0.4) is 0 Å². The normalized spacial score (nSPS) is 14.2. The van der Waals surface area contributed by atoms with Gasteiger partial charge < -0.3 is 25.6 Å². The Hall–Kier alpha value is -3.72. The molecule has 158 valence electrons. The van der Waals surface area contributed by atoms with Crippen molar-refractivity contribution in [2.24, 2.45) is 0 Å². The minimum absolute atomic E-state index is 0.0945. The average Bonchev–Trinajstić information content (AvgIpc) is 3.16. The molecule has 0 atom stereocenters. The highest BCUT2D eigenvalue weighted by Crippen LogP contribution is 2.36. The number of anilines is 3. The molecule has 4 aromatic rings. The van der Waals surface area contributed by atoms with Crippen LogP contribution in [0.25, 0.3) is 22.2 Å². The van der Waals surface area contributed by atoms with E-state index in [0.717, 1.165) is 31.9 Å². The molecule has 5 rings (SSSR count). The van der Waals surface area contributed by atoms with E-state index in [1.165, 1.54) is 30.5 Å². The van der Waals surface area contributed by atoms with Crippen molar-refractivity contribution in [3.05, 3.63) is 60.4 Å². The topological polar surface area (TPSA) is 89.1 Å². The van der Waals surface area contributed by atoms with Crippen molar-refractivity contribution in [1.29, 1.82) is 0 Å². The highest BCUT2D eigenvalue weighted by molar-refractivity contribution is 5.99. The lowest BCUT2D eigenvalue weighted by Crippen LogP contribution is -2.43. The Labute approximate surface area is 176 Å². The number of hydrogen-bond acceptors (Lipinski definition) is 6. The smallest absolute Gasteiger partial charge is 0.200 e. The summed E-state index contributed by atoms with van der Waals surface area (Å²) >= 11 is 0. The molecule has 0 unspecified atom stereocenters. The van der Waals surface area contributed by atoms with Gasteiger partial charge in [0.05, 0.1) is 39.7 Å². The summed E-state index contributed by atoms with van der Waals surface area (Å²) in [5.74, 6) is -0.984. The van der Waals surface area contributed by atoms with E-state index >= 15 is 0 Å². The lowest BCUT2D eigenvalue weighted by molar-refractivity contribution is 0.463. The number of pyridine rings is 2. The number of fused-ring (bicyclic) bond motifs is 1. The lowest BCUT2D eigenvalue weighted by atomic mass is 10.1. The fourth-order valence-electron chi connectivity index (χ4n) is 3.80. The van der Waals surface area contributed by atoms with Crippen LogP contribution in [0.2, 0.25) is 0 Å². The number of H-pyrrole nitrogens is 1. The van der Waals surface area contributed by atoms with Crippen LogP contribution in [0.1, 0.15) is 0 Å². The van der Waals surface area contributed by atoms with E-state index in [1.807, 2.05) is 12.1 Å². The first-order valence-electron chi connectivity index (χ1n) is 9.94. The molecule has 1 fully saturated rings. The maximum atomic E-state index is 14.3. The van der Waals surface area contributed by atoms with Crippen molar-refractivity contribution in [3.63, 3.8) is 0 Å². The fraction of sp³-hybridized carbons (Fsp3) is 0.182. The Morgan fingerprint density at radius 3 is 2.55 bits per heavy atom. The number of piperazine rings is 1. The number of rotatable bonds is 4. The number of nitrogens with one attached hydrogen (secondary N) is 3. The van der Waals surface area contributed by atoms with Crippen molar-refractivity contribution < 1.29 is 13.9 Å². The van der Waals surface area contributed by atoms with Gasteiger partial charge in [0.15, 0.2) is 5.88 Å². The summed E-state index contributed by atoms with van der Waals surface area (Å²) in [5, 5.41) is 17.1. The van der Waals surface area contributed by atoms with Crippen LogP contribution < -0.4 is 15.5 Å². The molecule has 0 aliphatic carbocycles. The molecule has 4 N–H and O–H groups in total. The summed E-state index contributed by atoms with van der Waals surface area (Å²) in [7, 11) is 0. The standard InChI is InChI=1S/C22H20F2N6O/c23-14-2-1-3-15(24)20(14)16-10-17(21-18(28-16)12-27-22(21)31)29-19-5-4-13(11-26-19)30-8-6-25-7-9-30/h1-5,10-12,25,27,31H,6-9H2,(H,26,29). The van der Waals surface area contributed by atoms with E-state index < -0.39 is 11.6 Å². The average molecular weight is 422 g/mol. The number of benzene rings is 1. The second-order valence-electron chi connectivity index (χ2n) is 7.31. The predicted molar refractivity (Wildman–Crippen MR) is 116 cm³/mol. The van der Waals surface area contributed by atoms with Gasteiger partial charge in [-0.1, -0.05) is 6.07 Å². The van der Waals surface area contributed by atoms with Gasteiger partial charge in [-0.05, 0) is 30.3 Å². The van der Waals surface area contributed by atoms with Crippen molar-refractivity contribution in [3.8, 4) is 17.1 Å². The minimum atomic E-state index is -0.712. The molecule has 3 aromatic heterocycles. The number of nitrogens with zero attached hydrogens (tertiary/aromatic N) is 3. The molecule has 7 nitrogen and oxygen atoms in total. The molecular weight excluding hydrogens is 402 g/mol. The van der Waals surface area contributed by atoms with E-state index in [2.05, 4.69) is 30.5 Å². The number of hydrogen-bond donors (Lipinski definition) is 4. The highest BCUT2D eigenvalue weighted by atomic mass is 19.1. The van der Waals surface area contributed by atoms with Gasteiger partial charge in [0.2, 0.25) is 0 Å². The van der Waals surface area contributed by atoms with Crippen LogP contribution in [-0.2, 0) is 0 Å². The Balaban J connectivity index is 1.52. The van der Waals surface area contributed by atoms with Gasteiger partial charge in [0.25, 0.3) is 0 Å². The maximum absolute atomic E-state index is 14.3. The van der Waals surface area contributed by atoms with Gasteiger partial charge in [-0.25, -0.2) is 18.7 Å². The third-order valence-electron chi connectivity index (χ3n) is 5.34. The molecule has 1 aliphatic rings. The predicted octanol–water partition coefficient (Wildman–Crippen LogP) is 3.76. The molecule has 0 radical (unpaired) electrons. The van der Waals surface area contributed by atoms with E-state index in [9.17, 15) is 13.9 Å². The maximum Gasteiger partial charge on any atom is 0.200 e. The summed E-state index contributed by atoms with van der Waals surface area (Å²) in [6, 6.07) is 8.97. The van der Waals surface area contributed by atoms with Crippen LogP contribution in [-0.4, -0.2) is 46.2 Å². The summed E-state index contributed by atoms with van der Waals surface area (Å²) in [6.07, 6.45) is 3.26. The third kappa shape index (κ3) is 3.64. The number of aromatic amines is 1. The molecule has 4 heterocycles. The Kier molecular flexibility index (Phi) is 4.87. The number of aromatic hydroxyl groups is 1. The Bertz CT molecular complexity index is 1210. The zero-order chi connectivity index (χ0) is 21.4. The zero-order valence-electron chi connectivity index (χ0n) is 16.5. The fourth-order valence-corrected chi connectivity index (χ4v) is 3.80. The molecule has 9 heteroatoms. The lowest BCUT2D eigenvalue weighted by Gasteiger charge is -2.29. The van der Waals surface area contributed by atoms with E-state index in [0.29, 0.717) is 22.4 Å². The first-order chi connectivity index (χ1) is 15.1. The van der Waals surface area contributed by atoms with Gasteiger partial charge in [-0.2, -0.15) is 0 Å². The molecular formula is C22H20F2N6O. The third-order valence-corrected chi connectivity index (χ3v) is 5.34. The molecule has 0 spiro atoms. The monoisotopic (exact) mass is 422 g/mol. The van der Waals surface area contributed by atoms with Gasteiger partial charge in [-0.15, -0.1) is 0 Å². The van der Waals surface area contributed by atoms with E-state index in [-0.39, 0.29) is 17.1 Å². The summed E-state index contributed by atoms with van der Waals surface area (Å²) in [6.45, 7) is 3.68. The molecule has 0 amide bonds. The van der Waals surface area contributed by atoms with E-state index in [4.69, 9.17) is 0 Å².